The number of esters is 1. The molecule has 3 heterocycles. The summed E-state index contributed by atoms with van der Waals surface area (Å²) in [6, 6.07) is 12.5. The van der Waals surface area contributed by atoms with Crippen molar-refractivity contribution in [3.63, 3.8) is 0 Å². The van der Waals surface area contributed by atoms with Gasteiger partial charge < -0.3 is 9.30 Å². The van der Waals surface area contributed by atoms with Gasteiger partial charge in [0.05, 0.1) is 6.61 Å². The van der Waals surface area contributed by atoms with Gasteiger partial charge in [-0.3, -0.25) is 14.7 Å². The van der Waals surface area contributed by atoms with Crippen molar-refractivity contribution in [1.29, 1.82) is 0 Å². The van der Waals surface area contributed by atoms with Gasteiger partial charge in [-0.25, -0.2) is 0 Å². The average molecular weight is 349 g/mol. The van der Waals surface area contributed by atoms with Gasteiger partial charge in [0, 0.05) is 55.0 Å². The zero-order valence-electron chi connectivity index (χ0n) is 15.0. The fourth-order valence-electron chi connectivity index (χ4n) is 3.85. The van der Waals surface area contributed by atoms with Gasteiger partial charge in [-0.2, -0.15) is 0 Å². The molecule has 0 amide bonds. The first-order valence-corrected chi connectivity index (χ1v) is 9.12. The van der Waals surface area contributed by atoms with Crippen LogP contribution in [0.2, 0.25) is 0 Å². The molecule has 1 aromatic carbocycles. The Morgan fingerprint density at radius 2 is 2.00 bits per heavy atom. The first kappa shape index (κ1) is 16.8. The smallest absolute Gasteiger partial charge is 0.325 e. The molecule has 2 aromatic heterocycles. The zero-order valence-corrected chi connectivity index (χ0v) is 15.0. The molecular formula is C21H23N3O2. The number of nitrogens with zero attached hydrogens (tertiary/aromatic N) is 3. The standard InChI is InChI=1S/C21H23N3O2/c1-2-26-21(25)15-24-19-6-4-3-5-17(19)18-14-23(12-9-20(18)24)13-16-7-10-22-11-8-16/h3-8,10-11H,2,9,12-15H2,1H3. The Balaban J connectivity index is 1.65. The molecular weight excluding hydrogens is 326 g/mol. The summed E-state index contributed by atoms with van der Waals surface area (Å²) in [4.78, 5) is 18.6. The number of carbonyl (C=O) groups is 1. The summed E-state index contributed by atoms with van der Waals surface area (Å²) in [5.41, 5.74) is 5.01. The predicted octanol–water partition coefficient (Wildman–Crippen LogP) is 3.16. The molecule has 0 N–H and O–H groups in total. The quantitative estimate of drug-likeness (QED) is 0.664. The third-order valence-electron chi connectivity index (χ3n) is 4.99. The Kier molecular flexibility index (Phi) is 4.71. The maximum absolute atomic E-state index is 12.1. The number of hydrogen-bond acceptors (Lipinski definition) is 4. The van der Waals surface area contributed by atoms with E-state index in [-0.39, 0.29) is 12.5 Å². The number of carbonyl (C=O) groups excluding carboxylic acids is 1. The van der Waals surface area contributed by atoms with Gasteiger partial charge >= 0.3 is 5.97 Å². The third kappa shape index (κ3) is 3.22. The fraction of sp³-hybridized carbons (Fsp3) is 0.333. The molecule has 26 heavy (non-hydrogen) atoms. The molecule has 5 heteroatoms. The first-order chi connectivity index (χ1) is 12.8. The largest absolute Gasteiger partial charge is 0.465 e. The van der Waals surface area contributed by atoms with Crippen LogP contribution in [0.3, 0.4) is 0 Å². The second-order valence-electron chi connectivity index (χ2n) is 6.65. The molecule has 1 aliphatic rings. The van der Waals surface area contributed by atoms with Crippen molar-refractivity contribution in [3.8, 4) is 0 Å². The number of pyridine rings is 1. The fourth-order valence-corrected chi connectivity index (χ4v) is 3.85. The van der Waals surface area contributed by atoms with Crippen molar-refractivity contribution in [2.24, 2.45) is 0 Å². The van der Waals surface area contributed by atoms with Crippen molar-refractivity contribution in [3.05, 3.63) is 65.6 Å². The molecule has 5 nitrogen and oxygen atoms in total. The normalized spacial score (nSPS) is 14.3. The van der Waals surface area contributed by atoms with E-state index < -0.39 is 0 Å². The van der Waals surface area contributed by atoms with Gasteiger partial charge in [0.25, 0.3) is 0 Å². The molecule has 0 saturated carbocycles. The molecule has 0 bridgehead atoms. The van der Waals surface area contributed by atoms with E-state index >= 15 is 0 Å². The van der Waals surface area contributed by atoms with E-state index in [1.165, 1.54) is 22.2 Å². The molecule has 1 aliphatic heterocycles. The minimum atomic E-state index is -0.171. The molecule has 4 rings (SSSR count). The highest BCUT2D eigenvalue weighted by Crippen LogP contribution is 2.31. The zero-order chi connectivity index (χ0) is 17.9. The molecule has 0 fully saturated rings. The maximum Gasteiger partial charge on any atom is 0.325 e. The maximum atomic E-state index is 12.1. The van der Waals surface area contributed by atoms with Gasteiger partial charge in [0.15, 0.2) is 0 Å². The van der Waals surface area contributed by atoms with Crippen LogP contribution < -0.4 is 0 Å². The highest BCUT2D eigenvalue weighted by atomic mass is 16.5. The van der Waals surface area contributed by atoms with E-state index in [0.29, 0.717) is 6.61 Å². The van der Waals surface area contributed by atoms with Gasteiger partial charge in [-0.1, -0.05) is 18.2 Å². The van der Waals surface area contributed by atoms with E-state index in [1.807, 2.05) is 25.4 Å². The molecule has 0 radical (unpaired) electrons. The van der Waals surface area contributed by atoms with Crippen molar-refractivity contribution in [2.45, 2.75) is 33.0 Å². The first-order valence-electron chi connectivity index (χ1n) is 9.12. The van der Waals surface area contributed by atoms with Gasteiger partial charge in [-0.15, -0.1) is 0 Å². The van der Waals surface area contributed by atoms with Crippen LogP contribution in [0.25, 0.3) is 10.9 Å². The Morgan fingerprint density at radius 1 is 1.19 bits per heavy atom. The second kappa shape index (κ2) is 7.30. The highest BCUT2D eigenvalue weighted by Gasteiger charge is 2.24. The molecule has 0 saturated heterocycles. The number of hydrogen-bond donors (Lipinski definition) is 0. The van der Waals surface area contributed by atoms with Crippen LogP contribution >= 0.6 is 0 Å². The molecule has 0 spiro atoms. The third-order valence-corrected chi connectivity index (χ3v) is 4.99. The summed E-state index contributed by atoms with van der Waals surface area (Å²) in [5.74, 6) is -0.171. The number of ether oxygens (including phenoxy) is 1. The second-order valence-corrected chi connectivity index (χ2v) is 6.65. The summed E-state index contributed by atoms with van der Waals surface area (Å²) >= 11 is 0. The Hall–Kier alpha value is -2.66. The summed E-state index contributed by atoms with van der Waals surface area (Å²) in [6.45, 7) is 5.34. The van der Waals surface area contributed by atoms with Gasteiger partial charge in [-0.05, 0) is 36.2 Å². The van der Waals surface area contributed by atoms with Crippen LogP contribution in [0, 0.1) is 0 Å². The molecule has 0 atom stereocenters. The Labute approximate surface area is 153 Å². The predicted molar refractivity (Wildman–Crippen MR) is 101 cm³/mol. The topological polar surface area (TPSA) is 47.4 Å². The van der Waals surface area contributed by atoms with Crippen LogP contribution in [-0.4, -0.2) is 33.6 Å². The van der Waals surface area contributed by atoms with E-state index in [4.69, 9.17) is 4.74 Å². The minimum Gasteiger partial charge on any atom is -0.465 e. The Morgan fingerprint density at radius 3 is 2.81 bits per heavy atom. The Bertz CT molecular complexity index is 918. The van der Waals surface area contributed by atoms with Gasteiger partial charge in [0.1, 0.15) is 6.54 Å². The summed E-state index contributed by atoms with van der Waals surface area (Å²) in [6.07, 6.45) is 4.63. The average Bonchev–Trinajstić information content (AvgIpc) is 2.96. The minimum absolute atomic E-state index is 0.171. The van der Waals surface area contributed by atoms with Crippen molar-refractivity contribution in [1.82, 2.24) is 14.5 Å². The van der Waals surface area contributed by atoms with E-state index in [1.54, 1.807) is 0 Å². The number of aromatic nitrogens is 2. The molecule has 0 unspecified atom stereocenters. The van der Waals surface area contributed by atoms with Crippen molar-refractivity contribution < 1.29 is 9.53 Å². The monoisotopic (exact) mass is 349 g/mol. The highest BCUT2D eigenvalue weighted by molar-refractivity contribution is 5.87. The van der Waals surface area contributed by atoms with E-state index in [9.17, 15) is 4.79 Å². The van der Waals surface area contributed by atoms with Crippen LogP contribution in [-0.2, 0) is 35.6 Å². The summed E-state index contributed by atoms with van der Waals surface area (Å²) in [7, 11) is 0. The number of para-hydroxylation sites is 1. The molecule has 3 aromatic rings. The SMILES string of the molecule is CCOC(=O)Cn1c2c(c3ccccc31)CN(Cc1ccncc1)CC2. The van der Waals surface area contributed by atoms with Crippen LogP contribution in [0.4, 0.5) is 0 Å². The van der Waals surface area contributed by atoms with Crippen LogP contribution in [0.15, 0.2) is 48.8 Å². The van der Waals surface area contributed by atoms with Crippen LogP contribution in [0.5, 0.6) is 0 Å². The van der Waals surface area contributed by atoms with Gasteiger partial charge in [0.2, 0.25) is 0 Å². The summed E-state index contributed by atoms with van der Waals surface area (Å²) in [5, 5.41) is 1.24. The lowest BCUT2D eigenvalue weighted by molar-refractivity contribution is -0.143. The molecule has 0 aliphatic carbocycles. The number of rotatable bonds is 5. The van der Waals surface area contributed by atoms with Crippen molar-refractivity contribution in [2.75, 3.05) is 13.2 Å². The van der Waals surface area contributed by atoms with E-state index in [2.05, 4.69) is 44.8 Å². The number of benzene rings is 1. The van der Waals surface area contributed by atoms with Crippen molar-refractivity contribution >= 4 is 16.9 Å². The lowest BCUT2D eigenvalue weighted by Crippen LogP contribution is -2.31. The van der Waals surface area contributed by atoms with E-state index in [0.717, 1.165) is 31.6 Å². The van der Waals surface area contributed by atoms with Crippen LogP contribution in [0.1, 0.15) is 23.7 Å². The summed E-state index contributed by atoms with van der Waals surface area (Å²) < 4.78 is 7.32. The molecule has 134 valence electrons. The lowest BCUT2D eigenvalue weighted by atomic mass is 10.0. The lowest BCUT2D eigenvalue weighted by Gasteiger charge is -2.28. The number of fused-ring (bicyclic) bond motifs is 3.